The number of carbonyl (C=O) groups excluding carboxylic acids is 3. The largest absolute Gasteiger partial charge is 0.464 e. The van der Waals surface area contributed by atoms with Crippen LogP contribution in [0.15, 0.2) is 0 Å². The van der Waals surface area contributed by atoms with Crippen LogP contribution in [0.25, 0.3) is 0 Å². The first-order valence-corrected chi connectivity index (χ1v) is 6.60. The van der Waals surface area contributed by atoms with Crippen molar-refractivity contribution in [1.29, 1.82) is 0 Å². The molecule has 2 fully saturated rings. The van der Waals surface area contributed by atoms with Crippen molar-refractivity contribution in [3.05, 3.63) is 0 Å². The second kappa shape index (κ2) is 6.01. The molecule has 1 unspecified atom stereocenters. The minimum absolute atomic E-state index is 0.110. The molecular formula is C12H19N3O4. The Balaban J connectivity index is 2.04. The van der Waals surface area contributed by atoms with Crippen LogP contribution in [-0.4, -0.2) is 61.0 Å². The fourth-order valence-corrected chi connectivity index (χ4v) is 2.42. The number of carbonyl (C=O) groups is 3. The van der Waals surface area contributed by atoms with Gasteiger partial charge in [-0.05, 0) is 13.3 Å². The molecule has 2 saturated heterocycles. The van der Waals surface area contributed by atoms with Crippen LogP contribution in [0.4, 0.5) is 0 Å². The van der Waals surface area contributed by atoms with Crippen LogP contribution in [0.5, 0.6) is 0 Å². The molecule has 2 atom stereocenters. The maximum absolute atomic E-state index is 12.3. The van der Waals surface area contributed by atoms with Gasteiger partial charge in [0.15, 0.2) is 0 Å². The van der Waals surface area contributed by atoms with Crippen molar-refractivity contribution in [2.75, 3.05) is 26.2 Å². The van der Waals surface area contributed by atoms with Crippen LogP contribution in [0.1, 0.15) is 19.8 Å². The number of amides is 2. The van der Waals surface area contributed by atoms with E-state index in [2.05, 4.69) is 10.6 Å². The zero-order valence-electron chi connectivity index (χ0n) is 11.0. The Bertz CT molecular complexity index is 385. The van der Waals surface area contributed by atoms with Crippen LogP contribution in [0, 0.1) is 0 Å². The Labute approximate surface area is 111 Å². The first-order chi connectivity index (χ1) is 9.13. The summed E-state index contributed by atoms with van der Waals surface area (Å²) < 4.78 is 4.99. The molecule has 0 aromatic heterocycles. The molecule has 19 heavy (non-hydrogen) atoms. The van der Waals surface area contributed by atoms with E-state index in [1.807, 2.05) is 0 Å². The Morgan fingerprint density at radius 3 is 2.89 bits per heavy atom. The normalized spacial score (nSPS) is 27.0. The Morgan fingerprint density at radius 2 is 2.26 bits per heavy atom. The number of hydrogen-bond acceptors (Lipinski definition) is 5. The van der Waals surface area contributed by atoms with Crippen molar-refractivity contribution in [1.82, 2.24) is 15.5 Å². The molecule has 7 heteroatoms. The number of piperazine rings is 1. The second-order valence-electron chi connectivity index (χ2n) is 4.66. The van der Waals surface area contributed by atoms with Crippen molar-refractivity contribution in [2.45, 2.75) is 31.8 Å². The molecule has 2 rings (SSSR count). The van der Waals surface area contributed by atoms with Crippen molar-refractivity contribution < 1.29 is 19.1 Å². The van der Waals surface area contributed by atoms with Gasteiger partial charge in [0.1, 0.15) is 12.1 Å². The van der Waals surface area contributed by atoms with E-state index >= 15 is 0 Å². The first-order valence-electron chi connectivity index (χ1n) is 6.60. The minimum atomic E-state index is -0.598. The lowest BCUT2D eigenvalue weighted by Gasteiger charge is -2.35. The third kappa shape index (κ3) is 3.04. The number of nitrogens with zero attached hydrogens (tertiary/aromatic N) is 1. The van der Waals surface area contributed by atoms with E-state index in [9.17, 15) is 14.4 Å². The van der Waals surface area contributed by atoms with E-state index in [4.69, 9.17) is 4.74 Å². The van der Waals surface area contributed by atoms with Gasteiger partial charge in [0.05, 0.1) is 6.61 Å². The maximum atomic E-state index is 12.3. The molecule has 0 saturated carbocycles. The van der Waals surface area contributed by atoms with E-state index in [0.717, 1.165) is 0 Å². The summed E-state index contributed by atoms with van der Waals surface area (Å²) in [4.78, 5) is 36.9. The summed E-state index contributed by atoms with van der Waals surface area (Å²) >= 11 is 0. The summed E-state index contributed by atoms with van der Waals surface area (Å²) in [6.07, 6.45) is 0.865. The van der Waals surface area contributed by atoms with Gasteiger partial charge in [0, 0.05) is 26.1 Å². The summed E-state index contributed by atoms with van der Waals surface area (Å²) in [6, 6.07) is -1.10. The second-order valence-corrected chi connectivity index (χ2v) is 4.66. The molecule has 7 nitrogen and oxygen atoms in total. The van der Waals surface area contributed by atoms with Crippen LogP contribution in [0.3, 0.4) is 0 Å². The quantitative estimate of drug-likeness (QED) is 0.617. The van der Waals surface area contributed by atoms with E-state index in [0.29, 0.717) is 32.5 Å². The molecule has 2 heterocycles. The predicted molar refractivity (Wildman–Crippen MR) is 66.2 cm³/mol. The molecule has 0 aromatic rings. The average molecular weight is 269 g/mol. The van der Waals surface area contributed by atoms with Crippen LogP contribution in [-0.2, 0) is 19.1 Å². The minimum Gasteiger partial charge on any atom is -0.464 e. The van der Waals surface area contributed by atoms with Gasteiger partial charge >= 0.3 is 5.97 Å². The molecule has 106 valence electrons. The van der Waals surface area contributed by atoms with Crippen molar-refractivity contribution >= 4 is 17.8 Å². The van der Waals surface area contributed by atoms with E-state index in [-0.39, 0.29) is 18.4 Å². The van der Waals surface area contributed by atoms with Gasteiger partial charge in [-0.2, -0.15) is 0 Å². The topological polar surface area (TPSA) is 87.7 Å². The van der Waals surface area contributed by atoms with Gasteiger partial charge in [-0.25, -0.2) is 4.79 Å². The standard InChI is InChI=1S/C12H19N3O4/c1-2-19-12(18)9-7-13-5-6-15(9)11(17)8-3-4-10(16)14-8/h8-9,13H,2-7H2,1H3,(H,14,16)/t8-,9?/m0/s1. The monoisotopic (exact) mass is 269 g/mol. The third-order valence-electron chi connectivity index (χ3n) is 3.38. The number of ether oxygens (including phenoxy) is 1. The molecule has 2 aliphatic rings. The Hall–Kier alpha value is -1.63. The highest BCUT2D eigenvalue weighted by Crippen LogP contribution is 2.14. The van der Waals surface area contributed by atoms with Crippen molar-refractivity contribution in [2.24, 2.45) is 0 Å². The van der Waals surface area contributed by atoms with Crippen LogP contribution >= 0.6 is 0 Å². The molecule has 0 aliphatic carbocycles. The van der Waals surface area contributed by atoms with Crippen LogP contribution in [0.2, 0.25) is 0 Å². The smallest absolute Gasteiger partial charge is 0.330 e. The summed E-state index contributed by atoms with van der Waals surface area (Å²) in [5.74, 6) is -0.695. The number of esters is 1. The SMILES string of the molecule is CCOC(=O)C1CNCCN1C(=O)[C@@H]1CCC(=O)N1. The highest BCUT2D eigenvalue weighted by atomic mass is 16.5. The van der Waals surface area contributed by atoms with Gasteiger partial charge in [-0.3, -0.25) is 9.59 Å². The van der Waals surface area contributed by atoms with Gasteiger partial charge in [-0.15, -0.1) is 0 Å². The molecular weight excluding hydrogens is 250 g/mol. The van der Waals surface area contributed by atoms with E-state index in [1.165, 1.54) is 4.90 Å². The fraction of sp³-hybridized carbons (Fsp3) is 0.750. The molecule has 0 spiro atoms. The highest BCUT2D eigenvalue weighted by Gasteiger charge is 2.38. The van der Waals surface area contributed by atoms with Gasteiger partial charge in [-0.1, -0.05) is 0 Å². The zero-order chi connectivity index (χ0) is 13.8. The van der Waals surface area contributed by atoms with E-state index in [1.54, 1.807) is 6.92 Å². The predicted octanol–water partition coefficient (Wildman–Crippen LogP) is -1.37. The third-order valence-corrected chi connectivity index (χ3v) is 3.38. The number of rotatable bonds is 3. The molecule has 0 aromatic carbocycles. The summed E-state index contributed by atoms with van der Waals surface area (Å²) in [5.41, 5.74) is 0. The Morgan fingerprint density at radius 1 is 1.47 bits per heavy atom. The zero-order valence-corrected chi connectivity index (χ0v) is 11.0. The highest BCUT2D eigenvalue weighted by molar-refractivity contribution is 5.93. The van der Waals surface area contributed by atoms with Crippen molar-refractivity contribution in [3.63, 3.8) is 0 Å². The first kappa shape index (κ1) is 13.8. The molecule has 2 N–H and O–H groups in total. The summed E-state index contributed by atoms with van der Waals surface area (Å²) in [6.45, 7) is 3.51. The summed E-state index contributed by atoms with van der Waals surface area (Å²) in [5, 5.41) is 5.72. The maximum Gasteiger partial charge on any atom is 0.330 e. The molecule has 0 radical (unpaired) electrons. The lowest BCUT2D eigenvalue weighted by Crippen LogP contribution is -2.60. The fourth-order valence-electron chi connectivity index (χ4n) is 2.42. The Kier molecular flexibility index (Phi) is 4.36. The molecule has 2 amide bonds. The van der Waals surface area contributed by atoms with Crippen molar-refractivity contribution in [3.8, 4) is 0 Å². The average Bonchev–Trinajstić information content (AvgIpc) is 2.85. The molecule has 0 bridgehead atoms. The van der Waals surface area contributed by atoms with Gasteiger partial charge < -0.3 is 20.3 Å². The lowest BCUT2D eigenvalue weighted by molar-refractivity contribution is -0.156. The molecule has 2 aliphatic heterocycles. The van der Waals surface area contributed by atoms with E-state index < -0.39 is 18.1 Å². The number of nitrogens with one attached hydrogen (secondary N) is 2. The van der Waals surface area contributed by atoms with Crippen LogP contribution < -0.4 is 10.6 Å². The van der Waals surface area contributed by atoms with Gasteiger partial charge in [0.2, 0.25) is 11.8 Å². The van der Waals surface area contributed by atoms with Gasteiger partial charge in [0.25, 0.3) is 0 Å². The number of hydrogen-bond donors (Lipinski definition) is 2. The summed E-state index contributed by atoms with van der Waals surface area (Å²) in [7, 11) is 0. The lowest BCUT2D eigenvalue weighted by atomic mass is 10.1.